The number of aromatic nitrogens is 1. The SMILES string of the molecule is Cc1ccccc1-c1c(C#N)n(C(C)C)c(=O)c2ccccc12. The normalized spacial score (nSPS) is 10.9. The number of hydrogen-bond donors (Lipinski definition) is 0. The Morgan fingerprint density at radius 2 is 1.61 bits per heavy atom. The van der Waals surface area contributed by atoms with Crippen LogP contribution in [0.2, 0.25) is 0 Å². The van der Waals surface area contributed by atoms with Gasteiger partial charge in [-0.3, -0.25) is 9.36 Å². The van der Waals surface area contributed by atoms with Crippen molar-refractivity contribution in [3.8, 4) is 17.2 Å². The number of fused-ring (bicyclic) bond motifs is 1. The smallest absolute Gasteiger partial charge is 0.259 e. The van der Waals surface area contributed by atoms with Gasteiger partial charge in [0.2, 0.25) is 0 Å². The number of pyridine rings is 1. The minimum atomic E-state index is -0.107. The van der Waals surface area contributed by atoms with Crippen molar-refractivity contribution in [3.63, 3.8) is 0 Å². The van der Waals surface area contributed by atoms with Gasteiger partial charge in [0.1, 0.15) is 11.8 Å². The molecule has 0 fully saturated rings. The molecule has 0 bridgehead atoms. The van der Waals surface area contributed by atoms with E-state index in [0.717, 1.165) is 22.1 Å². The van der Waals surface area contributed by atoms with Gasteiger partial charge in [0, 0.05) is 17.0 Å². The highest BCUT2D eigenvalue weighted by molar-refractivity contribution is 5.99. The number of nitriles is 1. The summed E-state index contributed by atoms with van der Waals surface area (Å²) in [6.07, 6.45) is 0. The van der Waals surface area contributed by atoms with Crippen molar-refractivity contribution in [2.24, 2.45) is 0 Å². The van der Waals surface area contributed by atoms with E-state index in [1.54, 1.807) is 4.57 Å². The summed E-state index contributed by atoms with van der Waals surface area (Å²) in [6, 6.07) is 17.7. The first-order valence-electron chi connectivity index (χ1n) is 7.69. The summed E-state index contributed by atoms with van der Waals surface area (Å²) in [7, 11) is 0. The van der Waals surface area contributed by atoms with Crippen molar-refractivity contribution in [3.05, 3.63) is 70.1 Å². The van der Waals surface area contributed by atoms with Crippen LogP contribution in [-0.2, 0) is 0 Å². The lowest BCUT2D eigenvalue weighted by Crippen LogP contribution is -2.25. The van der Waals surface area contributed by atoms with E-state index in [9.17, 15) is 10.1 Å². The van der Waals surface area contributed by atoms with Gasteiger partial charge in [0.15, 0.2) is 0 Å². The summed E-state index contributed by atoms with van der Waals surface area (Å²) in [5.74, 6) is 0. The van der Waals surface area contributed by atoms with E-state index in [2.05, 4.69) is 6.07 Å². The lowest BCUT2D eigenvalue weighted by atomic mass is 9.94. The van der Waals surface area contributed by atoms with Crippen LogP contribution < -0.4 is 5.56 Å². The number of aryl methyl sites for hydroxylation is 1. The van der Waals surface area contributed by atoms with E-state index in [-0.39, 0.29) is 11.6 Å². The van der Waals surface area contributed by atoms with Gasteiger partial charge in [-0.2, -0.15) is 5.26 Å². The van der Waals surface area contributed by atoms with Crippen LogP contribution >= 0.6 is 0 Å². The quantitative estimate of drug-likeness (QED) is 0.703. The molecule has 114 valence electrons. The van der Waals surface area contributed by atoms with Crippen LogP contribution in [0.4, 0.5) is 0 Å². The zero-order valence-corrected chi connectivity index (χ0v) is 13.5. The fraction of sp³-hybridized carbons (Fsp3) is 0.200. The molecular formula is C20H18N2O. The van der Waals surface area contributed by atoms with Crippen molar-refractivity contribution in [2.75, 3.05) is 0 Å². The molecule has 23 heavy (non-hydrogen) atoms. The molecule has 1 aromatic heterocycles. The molecule has 3 rings (SSSR count). The Morgan fingerprint density at radius 3 is 2.22 bits per heavy atom. The highest BCUT2D eigenvalue weighted by atomic mass is 16.1. The van der Waals surface area contributed by atoms with Gasteiger partial charge >= 0.3 is 0 Å². The Hall–Kier alpha value is -2.86. The molecule has 0 aliphatic carbocycles. The molecule has 3 aromatic rings. The van der Waals surface area contributed by atoms with Gasteiger partial charge in [0.25, 0.3) is 5.56 Å². The highest BCUT2D eigenvalue weighted by Gasteiger charge is 2.20. The minimum Gasteiger partial charge on any atom is -0.296 e. The minimum absolute atomic E-state index is 0.0791. The Kier molecular flexibility index (Phi) is 3.75. The van der Waals surface area contributed by atoms with Crippen LogP contribution in [0.3, 0.4) is 0 Å². The summed E-state index contributed by atoms with van der Waals surface area (Å²) in [4.78, 5) is 12.8. The number of rotatable bonds is 2. The van der Waals surface area contributed by atoms with Crippen molar-refractivity contribution >= 4 is 10.8 Å². The van der Waals surface area contributed by atoms with Crippen LogP contribution in [0.25, 0.3) is 21.9 Å². The Labute approximate surface area is 135 Å². The van der Waals surface area contributed by atoms with Gasteiger partial charge in [-0.05, 0) is 43.4 Å². The number of hydrogen-bond acceptors (Lipinski definition) is 2. The predicted molar refractivity (Wildman–Crippen MR) is 93.5 cm³/mol. The Bertz CT molecular complexity index is 991. The maximum atomic E-state index is 12.8. The number of benzene rings is 2. The van der Waals surface area contributed by atoms with Gasteiger partial charge < -0.3 is 0 Å². The van der Waals surface area contributed by atoms with E-state index in [4.69, 9.17) is 0 Å². The summed E-state index contributed by atoms with van der Waals surface area (Å²) in [5.41, 5.74) is 3.25. The van der Waals surface area contributed by atoms with Crippen molar-refractivity contribution in [1.29, 1.82) is 5.26 Å². The summed E-state index contributed by atoms with van der Waals surface area (Å²) < 4.78 is 1.60. The molecule has 0 spiro atoms. The second-order valence-corrected chi connectivity index (χ2v) is 5.96. The van der Waals surface area contributed by atoms with E-state index in [1.165, 1.54) is 0 Å². The molecule has 3 nitrogen and oxygen atoms in total. The van der Waals surface area contributed by atoms with E-state index in [0.29, 0.717) is 11.1 Å². The van der Waals surface area contributed by atoms with Crippen molar-refractivity contribution in [1.82, 2.24) is 4.57 Å². The molecule has 3 heteroatoms. The fourth-order valence-corrected chi connectivity index (χ4v) is 3.10. The zero-order valence-electron chi connectivity index (χ0n) is 13.5. The first-order chi connectivity index (χ1) is 11.1. The van der Waals surface area contributed by atoms with Crippen molar-refractivity contribution in [2.45, 2.75) is 26.8 Å². The molecule has 0 unspecified atom stereocenters. The topological polar surface area (TPSA) is 45.8 Å². The third-order valence-corrected chi connectivity index (χ3v) is 4.16. The summed E-state index contributed by atoms with van der Waals surface area (Å²) >= 11 is 0. The Morgan fingerprint density at radius 1 is 1.00 bits per heavy atom. The van der Waals surface area contributed by atoms with Gasteiger partial charge in [-0.25, -0.2) is 0 Å². The molecule has 0 saturated carbocycles. The monoisotopic (exact) mass is 302 g/mol. The van der Waals surface area contributed by atoms with E-state index >= 15 is 0 Å². The van der Waals surface area contributed by atoms with E-state index < -0.39 is 0 Å². The first-order valence-corrected chi connectivity index (χ1v) is 7.69. The second-order valence-electron chi connectivity index (χ2n) is 5.96. The zero-order chi connectivity index (χ0) is 16.6. The number of nitrogens with zero attached hydrogens (tertiary/aromatic N) is 2. The van der Waals surface area contributed by atoms with Crippen molar-refractivity contribution < 1.29 is 0 Å². The largest absolute Gasteiger partial charge is 0.296 e. The summed E-state index contributed by atoms with van der Waals surface area (Å²) in [5, 5.41) is 11.3. The molecule has 1 heterocycles. The highest BCUT2D eigenvalue weighted by Crippen LogP contribution is 2.33. The van der Waals surface area contributed by atoms with Gasteiger partial charge in [-0.15, -0.1) is 0 Å². The van der Waals surface area contributed by atoms with Crippen LogP contribution in [-0.4, -0.2) is 4.57 Å². The molecular weight excluding hydrogens is 284 g/mol. The second kappa shape index (κ2) is 5.73. The molecule has 0 saturated heterocycles. The third kappa shape index (κ3) is 2.33. The van der Waals surface area contributed by atoms with Crippen LogP contribution in [0.15, 0.2) is 53.3 Å². The Balaban J connectivity index is 2.60. The van der Waals surface area contributed by atoms with Gasteiger partial charge in [0.05, 0.1) is 0 Å². The molecule has 0 aliphatic heterocycles. The summed E-state index contributed by atoms with van der Waals surface area (Å²) in [6.45, 7) is 5.88. The molecule has 0 radical (unpaired) electrons. The average molecular weight is 302 g/mol. The standard InChI is InChI=1S/C20H18N2O/c1-13(2)22-18(12-21)19(15-9-5-4-8-14(15)3)16-10-6-7-11-17(16)20(22)23/h4-11,13H,1-3H3. The molecule has 0 aliphatic rings. The fourth-order valence-electron chi connectivity index (χ4n) is 3.10. The lowest BCUT2D eigenvalue weighted by Gasteiger charge is -2.19. The predicted octanol–water partition coefficient (Wildman–Crippen LogP) is 4.43. The molecule has 0 amide bonds. The lowest BCUT2D eigenvalue weighted by molar-refractivity contribution is 0.577. The maximum Gasteiger partial charge on any atom is 0.259 e. The first kappa shape index (κ1) is 15.1. The van der Waals surface area contributed by atoms with Crippen LogP contribution in [0.5, 0.6) is 0 Å². The average Bonchev–Trinajstić information content (AvgIpc) is 2.55. The molecule has 2 aromatic carbocycles. The third-order valence-electron chi connectivity index (χ3n) is 4.16. The van der Waals surface area contributed by atoms with E-state index in [1.807, 2.05) is 69.3 Å². The maximum absolute atomic E-state index is 12.8. The molecule has 0 N–H and O–H groups in total. The van der Waals surface area contributed by atoms with Gasteiger partial charge in [-0.1, -0.05) is 42.5 Å². The van der Waals surface area contributed by atoms with Crippen LogP contribution in [0, 0.1) is 18.3 Å². The molecule has 0 atom stereocenters. The van der Waals surface area contributed by atoms with Crippen LogP contribution in [0.1, 0.15) is 31.1 Å².